The summed E-state index contributed by atoms with van der Waals surface area (Å²) in [6, 6.07) is 13.8. The predicted octanol–water partition coefficient (Wildman–Crippen LogP) is 4.89. The minimum atomic E-state index is -1.29. The summed E-state index contributed by atoms with van der Waals surface area (Å²) in [7, 11) is 0. The van der Waals surface area contributed by atoms with Crippen molar-refractivity contribution in [2.75, 3.05) is 0 Å². The molecule has 3 aromatic carbocycles. The summed E-state index contributed by atoms with van der Waals surface area (Å²) in [5.41, 5.74) is -0.410. The maximum absolute atomic E-state index is 12.8. The first-order valence-corrected chi connectivity index (χ1v) is 9.59. The Morgan fingerprint density at radius 2 is 1.52 bits per heavy atom. The third kappa shape index (κ3) is 4.43. The van der Waals surface area contributed by atoms with Crippen molar-refractivity contribution in [1.29, 1.82) is 0 Å². The normalized spacial score (nSPS) is 10.5. The van der Waals surface area contributed by atoms with Gasteiger partial charge in [-0.3, -0.25) is 25.0 Å². The van der Waals surface area contributed by atoms with E-state index in [1.807, 2.05) is 0 Å². The lowest BCUT2D eigenvalue weighted by molar-refractivity contribution is -0.388. The Kier molecular flexibility index (Phi) is 6.12. The van der Waals surface area contributed by atoms with Crippen molar-refractivity contribution in [2.45, 2.75) is 16.7 Å². The monoisotopic (exact) mass is 438 g/mol. The fourth-order valence-corrected chi connectivity index (χ4v) is 4.00. The fraction of sp³-hybridized carbons (Fsp3) is 0.0476. The molecule has 10 heteroatoms. The topological polar surface area (TPSA) is 141 Å². The second-order valence-electron chi connectivity index (χ2n) is 6.40. The van der Waals surface area contributed by atoms with Crippen LogP contribution in [0.4, 0.5) is 11.4 Å². The largest absolute Gasteiger partial charge is 0.478 e. The number of aryl methyl sites for hydroxylation is 1. The lowest BCUT2D eigenvalue weighted by Gasteiger charge is -2.09. The first-order chi connectivity index (χ1) is 14.7. The van der Waals surface area contributed by atoms with E-state index in [4.69, 9.17) is 0 Å². The summed E-state index contributed by atoms with van der Waals surface area (Å²) in [6.45, 7) is 1.65. The molecule has 0 bridgehead atoms. The first-order valence-electron chi connectivity index (χ1n) is 8.78. The molecule has 3 aromatic rings. The van der Waals surface area contributed by atoms with Crippen molar-refractivity contribution < 1.29 is 24.5 Å². The number of carboxylic acids is 1. The zero-order valence-electron chi connectivity index (χ0n) is 16.0. The van der Waals surface area contributed by atoms with Gasteiger partial charge in [0, 0.05) is 23.3 Å². The minimum Gasteiger partial charge on any atom is -0.478 e. The average molecular weight is 438 g/mol. The molecule has 0 amide bonds. The SMILES string of the molecule is Cc1cccc([N+](=O)[O-])c1Sc1ccc(C(=O)c2ccccc2C(=O)O)cc1[N+](=O)[O-]. The third-order valence-electron chi connectivity index (χ3n) is 4.42. The van der Waals surface area contributed by atoms with Crippen LogP contribution in [0.5, 0.6) is 0 Å². The number of hydrogen-bond acceptors (Lipinski definition) is 7. The standard InChI is InChI=1S/C21H14N2O7S/c1-12-5-4-8-16(22(27)28)20(12)31-18-10-9-13(11-17(18)23(29)30)19(24)14-6-2-3-7-15(14)21(25)26/h2-11H,1H3,(H,25,26). The van der Waals surface area contributed by atoms with Crippen LogP contribution in [0.15, 0.2) is 70.5 Å². The molecule has 3 rings (SSSR count). The number of carboxylic acid groups (broad SMARTS) is 1. The Bertz CT molecular complexity index is 1240. The number of nitro groups is 2. The molecule has 0 unspecified atom stereocenters. The van der Waals surface area contributed by atoms with Gasteiger partial charge in [-0.05, 0) is 30.7 Å². The summed E-state index contributed by atoms with van der Waals surface area (Å²) in [5, 5.41) is 32.3. The lowest BCUT2D eigenvalue weighted by Crippen LogP contribution is -2.10. The molecule has 0 radical (unpaired) electrons. The molecule has 0 aliphatic carbocycles. The molecule has 31 heavy (non-hydrogen) atoms. The van der Waals surface area contributed by atoms with Gasteiger partial charge in [0.1, 0.15) is 0 Å². The highest BCUT2D eigenvalue weighted by atomic mass is 32.2. The van der Waals surface area contributed by atoms with Gasteiger partial charge in [0.25, 0.3) is 11.4 Å². The highest BCUT2D eigenvalue weighted by molar-refractivity contribution is 7.99. The van der Waals surface area contributed by atoms with Crippen LogP contribution < -0.4 is 0 Å². The molecule has 0 aliphatic heterocycles. The van der Waals surface area contributed by atoms with Gasteiger partial charge < -0.3 is 5.11 Å². The highest BCUT2D eigenvalue weighted by Crippen LogP contribution is 2.41. The zero-order valence-corrected chi connectivity index (χ0v) is 16.8. The van der Waals surface area contributed by atoms with Gasteiger partial charge in [-0.1, -0.05) is 42.1 Å². The summed E-state index contributed by atoms with van der Waals surface area (Å²) < 4.78 is 0. The molecule has 0 fully saturated rings. The van der Waals surface area contributed by atoms with E-state index in [-0.39, 0.29) is 32.2 Å². The van der Waals surface area contributed by atoms with Crippen LogP contribution in [-0.2, 0) is 0 Å². The van der Waals surface area contributed by atoms with Crippen LogP contribution >= 0.6 is 11.8 Å². The third-order valence-corrected chi connectivity index (χ3v) is 5.72. The molecule has 156 valence electrons. The molecule has 0 atom stereocenters. The Morgan fingerprint density at radius 3 is 2.13 bits per heavy atom. The van der Waals surface area contributed by atoms with Gasteiger partial charge in [-0.25, -0.2) is 4.79 Å². The second-order valence-corrected chi connectivity index (χ2v) is 7.45. The van der Waals surface area contributed by atoms with Crippen molar-refractivity contribution in [3.05, 3.63) is 103 Å². The molecule has 0 saturated heterocycles. The van der Waals surface area contributed by atoms with Crippen LogP contribution in [0.3, 0.4) is 0 Å². The molecule has 0 saturated carbocycles. The highest BCUT2D eigenvalue weighted by Gasteiger charge is 2.25. The number of nitro benzene ring substituents is 2. The molecular weight excluding hydrogens is 424 g/mol. The molecule has 0 heterocycles. The van der Waals surface area contributed by atoms with Crippen LogP contribution in [0.1, 0.15) is 31.8 Å². The number of ketones is 1. The number of aromatic carboxylic acids is 1. The van der Waals surface area contributed by atoms with Gasteiger partial charge in [-0.15, -0.1) is 0 Å². The van der Waals surface area contributed by atoms with E-state index < -0.39 is 27.3 Å². The van der Waals surface area contributed by atoms with E-state index in [2.05, 4.69) is 0 Å². The van der Waals surface area contributed by atoms with Crippen LogP contribution in [-0.4, -0.2) is 26.7 Å². The van der Waals surface area contributed by atoms with E-state index in [1.165, 1.54) is 48.5 Å². The second kappa shape index (κ2) is 8.76. The van der Waals surface area contributed by atoms with Crippen molar-refractivity contribution in [3.63, 3.8) is 0 Å². The smallest absolute Gasteiger partial charge is 0.336 e. The number of benzene rings is 3. The van der Waals surface area contributed by atoms with Crippen molar-refractivity contribution in [1.82, 2.24) is 0 Å². The number of carbonyl (C=O) groups is 2. The molecule has 1 N–H and O–H groups in total. The van der Waals surface area contributed by atoms with E-state index in [1.54, 1.807) is 13.0 Å². The summed E-state index contributed by atoms with van der Waals surface area (Å²) in [4.78, 5) is 46.3. The Labute approximate surface area is 179 Å². The van der Waals surface area contributed by atoms with Crippen molar-refractivity contribution in [2.24, 2.45) is 0 Å². The lowest BCUT2D eigenvalue weighted by atomic mass is 9.98. The molecule has 0 spiro atoms. The molecule has 0 aliphatic rings. The van der Waals surface area contributed by atoms with E-state index >= 15 is 0 Å². The number of hydrogen-bond donors (Lipinski definition) is 1. The van der Waals surface area contributed by atoms with Crippen LogP contribution in [0.25, 0.3) is 0 Å². The van der Waals surface area contributed by atoms with Gasteiger partial charge in [-0.2, -0.15) is 0 Å². The fourth-order valence-electron chi connectivity index (χ4n) is 2.93. The molecular formula is C21H14N2O7S. The molecule has 9 nitrogen and oxygen atoms in total. The van der Waals surface area contributed by atoms with Crippen molar-refractivity contribution >= 4 is 34.9 Å². The van der Waals surface area contributed by atoms with Gasteiger partial charge in [0.15, 0.2) is 5.78 Å². The van der Waals surface area contributed by atoms with Crippen molar-refractivity contribution in [3.8, 4) is 0 Å². The van der Waals surface area contributed by atoms with Gasteiger partial charge in [0.2, 0.25) is 0 Å². The summed E-state index contributed by atoms with van der Waals surface area (Å²) in [5.74, 6) is -1.97. The quantitative estimate of drug-likeness (QED) is 0.312. The number of nitrogens with zero attached hydrogens (tertiary/aromatic N) is 2. The van der Waals surface area contributed by atoms with E-state index in [0.717, 1.165) is 17.8 Å². The maximum Gasteiger partial charge on any atom is 0.336 e. The average Bonchev–Trinajstić information content (AvgIpc) is 2.74. The van der Waals surface area contributed by atoms with E-state index in [0.29, 0.717) is 5.56 Å². The number of rotatable bonds is 7. The van der Waals surface area contributed by atoms with Gasteiger partial charge >= 0.3 is 5.97 Å². The van der Waals surface area contributed by atoms with E-state index in [9.17, 15) is 34.9 Å². The zero-order chi connectivity index (χ0) is 22.7. The maximum atomic E-state index is 12.8. The predicted molar refractivity (Wildman–Crippen MR) is 112 cm³/mol. The summed E-state index contributed by atoms with van der Waals surface area (Å²) in [6.07, 6.45) is 0. The van der Waals surface area contributed by atoms with Crippen LogP contribution in [0, 0.1) is 27.2 Å². The van der Waals surface area contributed by atoms with Crippen LogP contribution in [0.2, 0.25) is 0 Å². The minimum absolute atomic E-state index is 0.0657. The Balaban J connectivity index is 2.07. The Morgan fingerprint density at radius 1 is 0.871 bits per heavy atom. The molecule has 0 aromatic heterocycles. The number of carbonyl (C=O) groups excluding carboxylic acids is 1. The first kappa shape index (κ1) is 21.7. The Hall–Kier alpha value is -4.05. The van der Waals surface area contributed by atoms with Gasteiger partial charge in [0.05, 0.1) is 25.2 Å². The summed E-state index contributed by atoms with van der Waals surface area (Å²) >= 11 is 0.860.